The summed E-state index contributed by atoms with van der Waals surface area (Å²) in [6, 6.07) is 8.78. The molecule has 3 nitrogen and oxygen atoms in total. The van der Waals surface area contributed by atoms with E-state index < -0.39 is 0 Å². The van der Waals surface area contributed by atoms with Crippen LogP contribution in [0.3, 0.4) is 0 Å². The van der Waals surface area contributed by atoms with Gasteiger partial charge in [0.1, 0.15) is 0 Å². The van der Waals surface area contributed by atoms with Gasteiger partial charge < -0.3 is 15.1 Å². The van der Waals surface area contributed by atoms with Gasteiger partial charge in [-0.05, 0) is 65.0 Å². The molecule has 1 aliphatic heterocycles. The molecular weight excluding hydrogens is 258 g/mol. The molecule has 0 bridgehead atoms. The third-order valence-electron chi connectivity index (χ3n) is 5.60. The minimum Gasteiger partial charge on any atom is -0.384 e. The summed E-state index contributed by atoms with van der Waals surface area (Å²) in [5.74, 6) is 0.681. The lowest BCUT2D eigenvalue weighted by Gasteiger charge is -2.49. The van der Waals surface area contributed by atoms with Crippen molar-refractivity contribution in [3.63, 3.8) is 0 Å². The molecule has 1 heterocycles. The number of likely N-dealkylation sites (N-methyl/N-ethyl adjacent to an activating group) is 2. The topological polar surface area (TPSA) is 18.5 Å². The zero-order chi connectivity index (χ0) is 14.9. The van der Waals surface area contributed by atoms with Crippen LogP contribution in [0.5, 0.6) is 0 Å². The second-order valence-corrected chi connectivity index (χ2v) is 7.16. The summed E-state index contributed by atoms with van der Waals surface area (Å²) in [5.41, 5.74) is 3.30. The van der Waals surface area contributed by atoms with Crippen LogP contribution in [0.1, 0.15) is 37.2 Å². The van der Waals surface area contributed by atoms with Gasteiger partial charge in [-0.3, -0.25) is 0 Å². The van der Waals surface area contributed by atoms with Crippen LogP contribution >= 0.6 is 0 Å². The molecule has 1 fully saturated rings. The van der Waals surface area contributed by atoms with Crippen molar-refractivity contribution in [2.75, 3.05) is 46.1 Å². The molecule has 2 aliphatic rings. The van der Waals surface area contributed by atoms with E-state index in [4.69, 9.17) is 0 Å². The zero-order valence-electron chi connectivity index (χ0n) is 13.7. The number of para-hydroxylation sites is 1. The maximum Gasteiger partial charge on any atom is 0.0376 e. The summed E-state index contributed by atoms with van der Waals surface area (Å²) in [4.78, 5) is 4.99. The number of nitrogens with one attached hydrogen (secondary N) is 1. The van der Waals surface area contributed by atoms with Crippen molar-refractivity contribution in [3.8, 4) is 0 Å². The lowest BCUT2D eigenvalue weighted by molar-refractivity contribution is 0.0273. The molecule has 1 saturated carbocycles. The molecule has 1 N–H and O–H groups in total. The molecule has 0 saturated heterocycles. The Kier molecular flexibility index (Phi) is 4.23. The van der Waals surface area contributed by atoms with E-state index in [2.05, 4.69) is 60.5 Å². The minimum atomic E-state index is 0.445. The number of fused-ring (bicyclic) bond motifs is 1. The summed E-state index contributed by atoms with van der Waals surface area (Å²) in [5, 5.41) is 3.54. The fourth-order valence-electron chi connectivity index (χ4n) is 3.90. The van der Waals surface area contributed by atoms with Gasteiger partial charge in [0.05, 0.1) is 0 Å². The van der Waals surface area contributed by atoms with Crippen LogP contribution in [-0.4, -0.2) is 56.1 Å². The van der Waals surface area contributed by atoms with Gasteiger partial charge >= 0.3 is 0 Å². The fourth-order valence-corrected chi connectivity index (χ4v) is 3.90. The second-order valence-electron chi connectivity index (χ2n) is 7.16. The highest BCUT2D eigenvalue weighted by atomic mass is 15.2. The lowest BCUT2D eigenvalue weighted by atomic mass is 9.75. The van der Waals surface area contributed by atoms with Crippen LogP contribution in [-0.2, 0) is 0 Å². The van der Waals surface area contributed by atoms with E-state index in [0.717, 1.165) is 6.54 Å². The molecule has 1 unspecified atom stereocenters. The third-order valence-corrected chi connectivity index (χ3v) is 5.60. The normalized spacial score (nSPS) is 23.0. The zero-order valence-corrected chi connectivity index (χ0v) is 13.7. The SMILES string of the molecule is CN(CCC1CNc2ccccc21)CC1(N(C)C)CCC1. The summed E-state index contributed by atoms with van der Waals surface area (Å²) in [6.07, 6.45) is 5.37. The van der Waals surface area contributed by atoms with Crippen molar-refractivity contribution in [3.05, 3.63) is 29.8 Å². The number of nitrogens with zero attached hydrogens (tertiary/aromatic N) is 2. The van der Waals surface area contributed by atoms with E-state index >= 15 is 0 Å². The van der Waals surface area contributed by atoms with Crippen LogP contribution in [0.4, 0.5) is 5.69 Å². The first-order valence-electron chi connectivity index (χ1n) is 8.29. The Bertz CT molecular complexity index is 479. The number of hydrogen-bond donors (Lipinski definition) is 1. The van der Waals surface area contributed by atoms with Crippen LogP contribution in [0.25, 0.3) is 0 Å². The predicted octanol–water partition coefficient (Wildman–Crippen LogP) is 3.00. The smallest absolute Gasteiger partial charge is 0.0376 e. The third kappa shape index (κ3) is 2.95. The molecule has 1 aliphatic carbocycles. The quantitative estimate of drug-likeness (QED) is 0.868. The van der Waals surface area contributed by atoms with Gasteiger partial charge in [-0.15, -0.1) is 0 Å². The molecule has 0 spiro atoms. The highest BCUT2D eigenvalue weighted by molar-refractivity contribution is 5.57. The summed E-state index contributed by atoms with van der Waals surface area (Å²) < 4.78 is 0. The van der Waals surface area contributed by atoms with Crippen LogP contribution < -0.4 is 5.32 Å². The standard InChI is InChI=1S/C18H29N3/c1-20(2)18(10-6-11-18)14-21(3)12-9-15-13-19-17-8-5-4-7-16(15)17/h4-5,7-8,15,19H,6,9-14H2,1-3H3. The van der Waals surface area contributed by atoms with Crippen LogP contribution in [0.2, 0.25) is 0 Å². The number of hydrogen-bond acceptors (Lipinski definition) is 3. The average Bonchev–Trinajstić information content (AvgIpc) is 2.83. The first-order chi connectivity index (χ1) is 10.1. The van der Waals surface area contributed by atoms with Gasteiger partial charge in [0.2, 0.25) is 0 Å². The van der Waals surface area contributed by atoms with Gasteiger partial charge in [-0.2, -0.15) is 0 Å². The van der Waals surface area contributed by atoms with Gasteiger partial charge in [-0.1, -0.05) is 18.2 Å². The largest absolute Gasteiger partial charge is 0.384 e. The number of benzene rings is 1. The van der Waals surface area contributed by atoms with Gasteiger partial charge in [0.15, 0.2) is 0 Å². The van der Waals surface area contributed by atoms with Crippen molar-refractivity contribution < 1.29 is 0 Å². The summed E-state index contributed by atoms with van der Waals surface area (Å²) >= 11 is 0. The molecule has 0 aromatic heterocycles. The van der Waals surface area contributed by atoms with Gasteiger partial charge in [-0.25, -0.2) is 0 Å². The highest BCUT2D eigenvalue weighted by Gasteiger charge is 2.39. The molecule has 21 heavy (non-hydrogen) atoms. The van der Waals surface area contributed by atoms with Crippen molar-refractivity contribution in [1.82, 2.24) is 9.80 Å². The molecule has 1 aromatic rings. The molecule has 0 radical (unpaired) electrons. The first kappa shape index (κ1) is 14.9. The molecule has 1 aromatic carbocycles. The van der Waals surface area contributed by atoms with Crippen molar-refractivity contribution in [1.29, 1.82) is 0 Å². The van der Waals surface area contributed by atoms with E-state index in [1.807, 2.05) is 0 Å². The second kappa shape index (κ2) is 5.98. The van der Waals surface area contributed by atoms with Gasteiger partial charge in [0, 0.05) is 30.2 Å². The van der Waals surface area contributed by atoms with E-state index in [0.29, 0.717) is 11.5 Å². The Morgan fingerprint density at radius 3 is 2.62 bits per heavy atom. The number of rotatable bonds is 6. The van der Waals surface area contributed by atoms with Crippen molar-refractivity contribution >= 4 is 5.69 Å². The average molecular weight is 287 g/mol. The van der Waals surface area contributed by atoms with Gasteiger partial charge in [0.25, 0.3) is 0 Å². The molecule has 0 amide bonds. The van der Waals surface area contributed by atoms with Crippen LogP contribution in [0.15, 0.2) is 24.3 Å². The fraction of sp³-hybridized carbons (Fsp3) is 0.667. The molecule has 3 rings (SSSR count). The van der Waals surface area contributed by atoms with E-state index in [9.17, 15) is 0 Å². The maximum absolute atomic E-state index is 3.54. The summed E-state index contributed by atoms with van der Waals surface area (Å²) in [6.45, 7) is 3.50. The van der Waals surface area contributed by atoms with E-state index in [1.165, 1.54) is 50.0 Å². The van der Waals surface area contributed by atoms with Crippen LogP contribution in [0, 0.1) is 0 Å². The van der Waals surface area contributed by atoms with E-state index in [-0.39, 0.29) is 0 Å². The Morgan fingerprint density at radius 1 is 1.19 bits per heavy atom. The molecule has 116 valence electrons. The summed E-state index contributed by atoms with van der Waals surface area (Å²) in [7, 11) is 6.77. The highest BCUT2D eigenvalue weighted by Crippen LogP contribution is 2.37. The van der Waals surface area contributed by atoms with Crippen molar-refractivity contribution in [2.45, 2.75) is 37.1 Å². The van der Waals surface area contributed by atoms with Crippen molar-refractivity contribution in [2.24, 2.45) is 0 Å². The Labute approximate surface area is 129 Å². The molecule has 1 atom stereocenters. The Morgan fingerprint density at radius 2 is 1.95 bits per heavy atom. The predicted molar refractivity (Wildman–Crippen MR) is 90.1 cm³/mol. The lowest BCUT2D eigenvalue weighted by Crippen LogP contribution is -2.56. The van der Waals surface area contributed by atoms with E-state index in [1.54, 1.807) is 0 Å². The first-order valence-corrected chi connectivity index (χ1v) is 8.29. The molecule has 3 heteroatoms. The number of anilines is 1. The Hall–Kier alpha value is -1.06. The minimum absolute atomic E-state index is 0.445. The monoisotopic (exact) mass is 287 g/mol. The molecular formula is C18H29N3. The maximum atomic E-state index is 3.54. The Balaban J connectivity index is 1.52.